The van der Waals surface area contributed by atoms with Gasteiger partial charge in [-0.2, -0.15) is 10.4 Å². The number of aryl methyl sites for hydroxylation is 1. The standard InChI is InChI=1S/C29H34N8O2/c1-4-26(38)37-14-19(15-37)32-27-21-9-11-36(28-18(2)7-8-24-23(28)13-31-34-24)16-25(21)33-29(22(27)12-30)39-17-20-6-5-10-35(20)3/h4,7-8,13,19-20H,1,5-6,9-11,14-17H2,2-3H3,(H,31,34)(H,32,33). The Balaban J connectivity index is 1.34. The molecule has 2 fully saturated rings. The quantitative estimate of drug-likeness (QED) is 0.452. The van der Waals surface area contributed by atoms with E-state index in [4.69, 9.17) is 9.72 Å². The van der Waals surface area contributed by atoms with Crippen molar-refractivity contribution in [1.29, 1.82) is 5.26 Å². The van der Waals surface area contributed by atoms with Crippen LogP contribution < -0.4 is 15.0 Å². The molecule has 0 saturated carbocycles. The molecule has 2 N–H and O–H groups in total. The first-order chi connectivity index (χ1) is 19.0. The second kappa shape index (κ2) is 10.2. The van der Waals surface area contributed by atoms with Gasteiger partial charge in [-0.25, -0.2) is 4.98 Å². The summed E-state index contributed by atoms with van der Waals surface area (Å²) in [6.07, 6.45) is 6.18. The van der Waals surface area contributed by atoms with Gasteiger partial charge < -0.3 is 24.8 Å². The molecule has 6 rings (SSSR count). The maximum absolute atomic E-state index is 12.0. The van der Waals surface area contributed by atoms with E-state index in [1.165, 1.54) is 11.6 Å². The van der Waals surface area contributed by atoms with Crippen LogP contribution in [0.4, 0.5) is 11.4 Å². The molecule has 0 bridgehead atoms. The van der Waals surface area contributed by atoms with Gasteiger partial charge >= 0.3 is 0 Å². The molecule has 3 aromatic rings. The van der Waals surface area contributed by atoms with Gasteiger partial charge in [0.25, 0.3) is 0 Å². The van der Waals surface area contributed by atoms with Crippen molar-refractivity contribution in [2.24, 2.45) is 0 Å². The second-order valence-corrected chi connectivity index (χ2v) is 10.8. The highest BCUT2D eigenvalue weighted by molar-refractivity contribution is 5.93. The Hall–Kier alpha value is -4.10. The number of ether oxygens (including phenoxy) is 1. The number of aromatic amines is 1. The number of likely N-dealkylation sites (N-methyl/N-ethyl adjacent to an activating group) is 1. The van der Waals surface area contributed by atoms with E-state index in [1.807, 2.05) is 6.20 Å². The number of rotatable bonds is 7. The van der Waals surface area contributed by atoms with E-state index in [0.717, 1.165) is 65.9 Å². The molecule has 5 heterocycles. The maximum atomic E-state index is 12.0. The zero-order chi connectivity index (χ0) is 27.1. The Morgan fingerprint density at radius 3 is 2.95 bits per heavy atom. The zero-order valence-electron chi connectivity index (χ0n) is 22.5. The van der Waals surface area contributed by atoms with Crippen LogP contribution >= 0.6 is 0 Å². The number of nitriles is 1. The molecule has 0 radical (unpaired) electrons. The number of aromatic nitrogens is 3. The van der Waals surface area contributed by atoms with Gasteiger partial charge in [0.15, 0.2) is 0 Å². The zero-order valence-corrected chi connectivity index (χ0v) is 22.5. The molecular weight excluding hydrogens is 492 g/mol. The Morgan fingerprint density at radius 2 is 2.21 bits per heavy atom. The molecule has 10 nitrogen and oxygen atoms in total. The fourth-order valence-electron chi connectivity index (χ4n) is 6.09. The van der Waals surface area contributed by atoms with E-state index >= 15 is 0 Å². The van der Waals surface area contributed by atoms with Gasteiger partial charge in [-0.1, -0.05) is 12.6 Å². The third kappa shape index (κ3) is 4.57. The number of pyridine rings is 1. The van der Waals surface area contributed by atoms with Crippen LogP contribution in [0, 0.1) is 18.3 Å². The number of H-pyrrole nitrogens is 1. The monoisotopic (exact) mass is 526 g/mol. The lowest BCUT2D eigenvalue weighted by molar-refractivity contribution is -0.129. The third-order valence-corrected chi connectivity index (χ3v) is 8.35. The summed E-state index contributed by atoms with van der Waals surface area (Å²) in [5.74, 6) is 0.312. The Bertz CT molecular complexity index is 1470. The molecule has 0 spiro atoms. The highest BCUT2D eigenvalue weighted by Gasteiger charge is 2.34. The van der Waals surface area contributed by atoms with Gasteiger partial charge in [-0.3, -0.25) is 9.89 Å². The van der Waals surface area contributed by atoms with Crippen LogP contribution in [0.1, 0.15) is 35.2 Å². The Morgan fingerprint density at radius 1 is 1.36 bits per heavy atom. The number of fused-ring (bicyclic) bond motifs is 2. The van der Waals surface area contributed by atoms with Crippen molar-refractivity contribution in [1.82, 2.24) is 25.0 Å². The summed E-state index contributed by atoms with van der Waals surface area (Å²) in [6.45, 7) is 9.80. The van der Waals surface area contributed by atoms with E-state index in [2.05, 4.69) is 64.1 Å². The number of amides is 1. The van der Waals surface area contributed by atoms with Crippen molar-refractivity contribution < 1.29 is 9.53 Å². The minimum atomic E-state index is -0.0746. The average molecular weight is 527 g/mol. The van der Waals surface area contributed by atoms with Crippen molar-refractivity contribution >= 4 is 28.2 Å². The van der Waals surface area contributed by atoms with Crippen LogP contribution in [0.5, 0.6) is 5.88 Å². The van der Waals surface area contributed by atoms with Crippen molar-refractivity contribution in [3.63, 3.8) is 0 Å². The predicted octanol–water partition coefficient (Wildman–Crippen LogP) is 2.98. The molecular formula is C29H34N8O2. The molecule has 1 atom stereocenters. The molecule has 39 heavy (non-hydrogen) atoms. The van der Waals surface area contributed by atoms with E-state index in [1.54, 1.807) is 4.90 Å². The van der Waals surface area contributed by atoms with E-state index < -0.39 is 0 Å². The molecule has 3 aliphatic rings. The van der Waals surface area contributed by atoms with Gasteiger partial charge in [-0.05, 0) is 57.5 Å². The lowest BCUT2D eigenvalue weighted by Crippen LogP contribution is -2.56. The molecule has 2 aromatic heterocycles. The Kier molecular flexibility index (Phi) is 6.61. The second-order valence-electron chi connectivity index (χ2n) is 10.8. The summed E-state index contributed by atoms with van der Waals surface area (Å²) >= 11 is 0. The first-order valence-corrected chi connectivity index (χ1v) is 13.6. The number of carbonyl (C=O) groups excluding carboxylic acids is 1. The molecule has 10 heteroatoms. The number of hydrogen-bond donors (Lipinski definition) is 2. The fourth-order valence-corrected chi connectivity index (χ4v) is 6.09. The molecule has 3 aliphatic heterocycles. The summed E-state index contributed by atoms with van der Waals surface area (Å²) in [5.41, 5.74) is 6.55. The summed E-state index contributed by atoms with van der Waals surface area (Å²) in [6, 6.07) is 6.93. The first-order valence-electron chi connectivity index (χ1n) is 13.6. The molecule has 2 saturated heterocycles. The van der Waals surface area contributed by atoms with Crippen LogP contribution in [0.25, 0.3) is 10.9 Å². The van der Waals surface area contributed by atoms with Gasteiger partial charge in [-0.15, -0.1) is 0 Å². The van der Waals surface area contributed by atoms with Gasteiger partial charge in [0.1, 0.15) is 18.2 Å². The van der Waals surface area contributed by atoms with Crippen LogP contribution in [0.2, 0.25) is 0 Å². The van der Waals surface area contributed by atoms with E-state index in [-0.39, 0.29) is 11.9 Å². The van der Waals surface area contributed by atoms with E-state index in [9.17, 15) is 10.1 Å². The smallest absolute Gasteiger partial charge is 0.246 e. The predicted molar refractivity (Wildman–Crippen MR) is 150 cm³/mol. The molecule has 1 aromatic carbocycles. The molecule has 1 amide bonds. The van der Waals surface area contributed by atoms with Crippen LogP contribution in [-0.4, -0.2) is 82.8 Å². The first kappa shape index (κ1) is 25.2. The van der Waals surface area contributed by atoms with Gasteiger partial charge in [0, 0.05) is 36.6 Å². The van der Waals surface area contributed by atoms with Crippen molar-refractivity contribution in [3.8, 4) is 11.9 Å². The average Bonchev–Trinajstić information content (AvgIpc) is 3.56. The number of likely N-dealkylation sites (tertiary alicyclic amines) is 2. The number of benzene rings is 1. The number of hydrogen-bond acceptors (Lipinski definition) is 8. The number of carbonyl (C=O) groups is 1. The molecule has 1 unspecified atom stereocenters. The van der Waals surface area contributed by atoms with Crippen LogP contribution in [0.15, 0.2) is 31.0 Å². The summed E-state index contributed by atoms with van der Waals surface area (Å²) in [4.78, 5) is 23.4. The van der Waals surface area contributed by atoms with Crippen molar-refractivity contribution in [3.05, 3.63) is 53.4 Å². The summed E-state index contributed by atoms with van der Waals surface area (Å²) < 4.78 is 6.30. The van der Waals surface area contributed by atoms with Crippen LogP contribution in [-0.2, 0) is 17.8 Å². The number of anilines is 2. The minimum absolute atomic E-state index is 0.0567. The normalized spacial score (nSPS) is 19.5. The highest BCUT2D eigenvalue weighted by atomic mass is 16.5. The number of nitrogens with one attached hydrogen (secondary N) is 2. The molecule has 202 valence electrons. The lowest BCUT2D eigenvalue weighted by Gasteiger charge is -2.41. The lowest BCUT2D eigenvalue weighted by atomic mass is 9.96. The van der Waals surface area contributed by atoms with E-state index in [0.29, 0.717) is 43.7 Å². The van der Waals surface area contributed by atoms with Crippen molar-refractivity contribution in [2.75, 3.05) is 50.1 Å². The topological polar surface area (TPSA) is 113 Å². The minimum Gasteiger partial charge on any atom is -0.475 e. The third-order valence-electron chi connectivity index (χ3n) is 8.35. The van der Waals surface area contributed by atoms with Gasteiger partial charge in [0.2, 0.25) is 11.8 Å². The number of nitrogens with zero attached hydrogens (tertiary/aromatic N) is 6. The Labute approximate surface area is 228 Å². The maximum Gasteiger partial charge on any atom is 0.246 e. The SMILES string of the molecule is C=CC(=O)N1CC(Nc2c(C#N)c(OCC3CCCN3C)nc3c2CCN(c2c(C)ccc4[nH]ncc24)C3)C1. The molecule has 0 aliphatic carbocycles. The van der Waals surface area contributed by atoms with Crippen LogP contribution in [0.3, 0.4) is 0 Å². The van der Waals surface area contributed by atoms with Gasteiger partial charge in [0.05, 0.1) is 41.4 Å². The summed E-state index contributed by atoms with van der Waals surface area (Å²) in [7, 11) is 2.11. The highest BCUT2D eigenvalue weighted by Crippen LogP contribution is 2.38. The summed E-state index contributed by atoms with van der Waals surface area (Å²) in [5, 5.41) is 22.3. The van der Waals surface area contributed by atoms with Crippen molar-refractivity contribution in [2.45, 2.75) is 44.8 Å². The fraction of sp³-hybridized carbons (Fsp3) is 0.448. The largest absolute Gasteiger partial charge is 0.475 e.